The summed E-state index contributed by atoms with van der Waals surface area (Å²) >= 11 is 0. The van der Waals surface area contributed by atoms with Gasteiger partial charge in [-0.3, -0.25) is 9.59 Å². The highest BCUT2D eigenvalue weighted by atomic mass is 19.1. The number of rotatable bonds is 8. The first kappa shape index (κ1) is 23.0. The molecule has 0 bridgehead atoms. The lowest BCUT2D eigenvalue weighted by Gasteiger charge is -2.08. The first-order chi connectivity index (χ1) is 16.0. The summed E-state index contributed by atoms with van der Waals surface area (Å²) in [7, 11) is 1.54. The van der Waals surface area contributed by atoms with Crippen molar-refractivity contribution in [3.8, 4) is 17.6 Å². The number of amides is 2. The summed E-state index contributed by atoms with van der Waals surface area (Å²) in [5, 5.41) is 14.6. The van der Waals surface area contributed by atoms with Crippen LogP contribution < -0.4 is 20.1 Å². The number of hydrogen-bond acceptors (Lipinski definition) is 5. The van der Waals surface area contributed by atoms with Crippen molar-refractivity contribution in [3.63, 3.8) is 0 Å². The van der Waals surface area contributed by atoms with Crippen LogP contribution in [-0.4, -0.2) is 25.5 Å². The molecule has 0 saturated carbocycles. The van der Waals surface area contributed by atoms with Gasteiger partial charge in [-0.1, -0.05) is 12.1 Å². The molecule has 3 aromatic rings. The fourth-order valence-electron chi connectivity index (χ4n) is 2.73. The van der Waals surface area contributed by atoms with Gasteiger partial charge in [-0.2, -0.15) is 5.26 Å². The Morgan fingerprint density at radius 2 is 1.48 bits per heavy atom. The van der Waals surface area contributed by atoms with Crippen LogP contribution in [0, 0.1) is 17.1 Å². The molecular formula is C25H20FN3O4. The number of carbonyl (C=O) groups is 2. The first-order valence-electron chi connectivity index (χ1n) is 9.82. The monoisotopic (exact) mass is 445 g/mol. The SMILES string of the molecule is COc1ccc(NC(=O)/C(C#N)=C/c2ccc(OCC(=O)Nc3ccc(F)cc3)cc2)cc1. The summed E-state index contributed by atoms with van der Waals surface area (Å²) in [5.74, 6) is -0.244. The van der Waals surface area contributed by atoms with E-state index >= 15 is 0 Å². The minimum atomic E-state index is -0.541. The van der Waals surface area contributed by atoms with Gasteiger partial charge < -0.3 is 20.1 Å². The predicted molar refractivity (Wildman–Crippen MR) is 122 cm³/mol. The number of nitrogens with zero attached hydrogens (tertiary/aromatic N) is 1. The molecule has 0 aliphatic rings. The van der Waals surface area contributed by atoms with Crippen LogP contribution in [-0.2, 0) is 9.59 Å². The topological polar surface area (TPSA) is 100 Å². The second kappa shape index (κ2) is 11.1. The van der Waals surface area contributed by atoms with Crippen molar-refractivity contribution < 1.29 is 23.5 Å². The average molecular weight is 445 g/mol. The van der Waals surface area contributed by atoms with Gasteiger partial charge in [0.15, 0.2) is 6.61 Å². The van der Waals surface area contributed by atoms with Gasteiger partial charge in [0, 0.05) is 11.4 Å². The summed E-state index contributed by atoms with van der Waals surface area (Å²) in [4.78, 5) is 24.3. The number of carbonyl (C=O) groups excluding carboxylic acids is 2. The minimum absolute atomic E-state index is 0.0711. The molecule has 0 atom stereocenters. The van der Waals surface area contributed by atoms with Crippen LogP contribution in [0.15, 0.2) is 78.4 Å². The highest BCUT2D eigenvalue weighted by molar-refractivity contribution is 6.09. The van der Waals surface area contributed by atoms with Crippen molar-refractivity contribution in [2.75, 3.05) is 24.4 Å². The van der Waals surface area contributed by atoms with Crippen molar-refractivity contribution in [3.05, 3.63) is 89.8 Å². The fourth-order valence-corrected chi connectivity index (χ4v) is 2.73. The van der Waals surface area contributed by atoms with E-state index in [1.165, 1.54) is 30.3 Å². The van der Waals surface area contributed by atoms with E-state index in [-0.39, 0.29) is 12.2 Å². The van der Waals surface area contributed by atoms with Crippen molar-refractivity contribution in [1.29, 1.82) is 5.26 Å². The van der Waals surface area contributed by atoms with Gasteiger partial charge in [0.05, 0.1) is 7.11 Å². The molecule has 2 N–H and O–H groups in total. The maximum absolute atomic E-state index is 12.9. The summed E-state index contributed by atoms with van der Waals surface area (Å²) in [6.07, 6.45) is 1.45. The molecule has 33 heavy (non-hydrogen) atoms. The van der Waals surface area contributed by atoms with Crippen LogP contribution in [0.3, 0.4) is 0 Å². The van der Waals surface area contributed by atoms with E-state index in [1.54, 1.807) is 55.6 Å². The second-order valence-corrected chi connectivity index (χ2v) is 6.77. The molecule has 3 aromatic carbocycles. The Morgan fingerprint density at radius 1 is 0.909 bits per heavy atom. The number of anilines is 2. The lowest BCUT2D eigenvalue weighted by atomic mass is 10.1. The Morgan fingerprint density at radius 3 is 2.09 bits per heavy atom. The smallest absolute Gasteiger partial charge is 0.266 e. The zero-order valence-electron chi connectivity index (χ0n) is 17.7. The molecular weight excluding hydrogens is 425 g/mol. The number of nitrogens with one attached hydrogen (secondary N) is 2. The van der Waals surface area contributed by atoms with Crippen LogP contribution in [0.5, 0.6) is 11.5 Å². The maximum Gasteiger partial charge on any atom is 0.266 e. The quantitative estimate of drug-likeness (QED) is 0.395. The highest BCUT2D eigenvalue weighted by Crippen LogP contribution is 2.18. The maximum atomic E-state index is 12.9. The van der Waals surface area contributed by atoms with Gasteiger partial charge in [0.1, 0.15) is 29.0 Å². The Balaban J connectivity index is 1.56. The number of benzene rings is 3. The normalized spacial score (nSPS) is 10.6. The summed E-state index contributed by atoms with van der Waals surface area (Å²) < 4.78 is 23.4. The molecule has 0 unspecified atom stereocenters. The lowest BCUT2D eigenvalue weighted by Crippen LogP contribution is -2.20. The van der Waals surface area contributed by atoms with E-state index in [2.05, 4.69) is 10.6 Å². The number of nitriles is 1. The average Bonchev–Trinajstić information content (AvgIpc) is 2.84. The number of ether oxygens (including phenoxy) is 2. The van der Waals surface area contributed by atoms with Crippen molar-refractivity contribution in [2.45, 2.75) is 0 Å². The van der Waals surface area contributed by atoms with E-state index < -0.39 is 17.6 Å². The van der Waals surface area contributed by atoms with E-state index in [4.69, 9.17) is 9.47 Å². The third-order valence-corrected chi connectivity index (χ3v) is 4.40. The number of halogens is 1. The van der Waals surface area contributed by atoms with E-state index in [9.17, 15) is 19.2 Å². The largest absolute Gasteiger partial charge is 0.497 e. The molecule has 0 saturated heterocycles. The third-order valence-electron chi connectivity index (χ3n) is 4.40. The lowest BCUT2D eigenvalue weighted by molar-refractivity contribution is -0.118. The van der Waals surface area contributed by atoms with Crippen molar-refractivity contribution >= 4 is 29.3 Å². The van der Waals surface area contributed by atoms with E-state index in [1.807, 2.05) is 6.07 Å². The molecule has 0 spiro atoms. The highest BCUT2D eigenvalue weighted by Gasteiger charge is 2.10. The molecule has 0 aliphatic heterocycles. The van der Waals surface area contributed by atoms with Crippen LogP contribution in [0.2, 0.25) is 0 Å². The molecule has 3 rings (SSSR count). The van der Waals surface area contributed by atoms with Crippen LogP contribution in [0.4, 0.5) is 15.8 Å². The summed E-state index contributed by atoms with van der Waals surface area (Å²) in [6.45, 7) is -0.236. The Hall–Kier alpha value is -4.64. The Kier molecular flexibility index (Phi) is 7.76. The van der Waals surface area contributed by atoms with Gasteiger partial charge in [-0.05, 0) is 72.3 Å². The minimum Gasteiger partial charge on any atom is -0.497 e. The van der Waals surface area contributed by atoms with Gasteiger partial charge in [0.25, 0.3) is 11.8 Å². The molecule has 166 valence electrons. The molecule has 2 amide bonds. The first-order valence-corrected chi connectivity index (χ1v) is 9.82. The molecule has 7 nitrogen and oxygen atoms in total. The molecule has 0 fully saturated rings. The molecule has 0 aromatic heterocycles. The van der Waals surface area contributed by atoms with Crippen LogP contribution >= 0.6 is 0 Å². The summed E-state index contributed by atoms with van der Waals surface area (Å²) in [6, 6.07) is 20.6. The van der Waals surface area contributed by atoms with Gasteiger partial charge in [-0.15, -0.1) is 0 Å². The van der Waals surface area contributed by atoms with Crippen molar-refractivity contribution in [1.82, 2.24) is 0 Å². The third kappa shape index (κ3) is 6.94. The van der Waals surface area contributed by atoms with Gasteiger partial charge >= 0.3 is 0 Å². The molecule has 8 heteroatoms. The van der Waals surface area contributed by atoms with Gasteiger partial charge in [0.2, 0.25) is 0 Å². The Bertz CT molecular complexity index is 1180. The number of methoxy groups -OCH3 is 1. The van der Waals surface area contributed by atoms with E-state index in [0.717, 1.165) is 0 Å². The van der Waals surface area contributed by atoms with Crippen LogP contribution in [0.25, 0.3) is 6.08 Å². The van der Waals surface area contributed by atoms with Gasteiger partial charge in [-0.25, -0.2) is 4.39 Å². The molecule has 0 heterocycles. The Labute approximate surface area is 190 Å². The second-order valence-electron chi connectivity index (χ2n) is 6.77. The van der Waals surface area contributed by atoms with E-state index in [0.29, 0.717) is 28.4 Å². The number of hydrogen-bond donors (Lipinski definition) is 2. The zero-order valence-corrected chi connectivity index (χ0v) is 17.7. The standard InChI is InChI=1S/C25H20FN3O4/c1-32-22-12-8-21(9-13-22)29-25(31)18(15-27)14-17-2-10-23(11-3-17)33-16-24(30)28-20-6-4-19(26)5-7-20/h2-14H,16H2,1H3,(H,28,30)(H,29,31)/b18-14+. The zero-order chi connectivity index (χ0) is 23.6. The molecule has 0 radical (unpaired) electrons. The molecule has 0 aliphatic carbocycles. The van der Waals surface area contributed by atoms with Crippen LogP contribution in [0.1, 0.15) is 5.56 Å². The summed E-state index contributed by atoms with van der Waals surface area (Å²) in [5.41, 5.74) is 1.53. The van der Waals surface area contributed by atoms with Crippen molar-refractivity contribution in [2.24, 2.45) is 0 Å². The predicted octanol–water partition coefficient (Wildman–Crippen LogP) is 4.40. The fraction of sp³-hybridized carbons (Fsp3) is 0.0800.